The number of nitrogens with one attached hydrogen (secondary N) is 1. The minimum Gasteiger partial charge on any atom is -0.365 e. The molecule has 0 saturated heterocycles. The Kier molecular flexibility index (Phi) is 4.46. The summed E-state index contributed by atoms with van der Waals surface area (Å²) >= 11 is 7.16. The number of hydrogen-bond donors (Lipinski definition) is 1. The molecule has 1 fully saturated rings. The van der Waals surface area contributed by atoms with E-state index in [-0.39, 0.29) is 48.5 Å². The number of rotatable bonds is 3. The molecular weight excluding hydrogens is 349 g/mol. The molecule has 0 atom stereocenters. The van der Waals surface area contributed by atoms with Gasteiger partial charge >= 0.3 is 0 Å². The van der Waals surface area contributed by atoms with Crippen LogP contribution in [-0.2, 0) is 0 Å². The zero-order valence-electron chi connectivity index (χ0n) is 12.2. The predicted octanol–water partition coefficient (Wildman–Crippen LogP) is 4.69. The van der Waals surface area contributed by atoms with Crippen LogP contribution in [0.1, 0.15) is 31.4 Å². The lowest BCUT2D eigenvalue weighted by Gasteiger charge is -2.29. The smallest absolute Gasteiger partial charge is 0.248 e. The van der Waals surface area contributed by atoms with Gasteiger partial charge in [0.1, 0.15) is 0 Å². The summed E-state index contributed by atoms with van der Waals surface area (Å²) in [4.78, 5) is 12.3. The van der Waals surface area contributed by atoms with Gasteiger partial charge in [0, 0.05) is 30.0 Å². The molecule has 0 aliphatic heterocycles. The maximum Gasteiger partial charge on any atom is 0.248 e. The Bertz CT molecular complexity index is 712. The Morgan fingerprint density at radius 1 is 1.26 bits per heavy atom. The molecule has 124 valence electrons. The van der Waals surface area contributed by atoms with E-state index in [1.165, 1.54) is 11.3 Å². The molecule has 0 bridgehead atoms. The van der Waals surface area contributed by atoms with Gasteiger partial charge in [0.2, 0.25) is 11.7 Å². The van der Waals surface area contributed by atoms with Crippen LogP contribution in [0.25, 0.3) is 10.8 Å². The third kappa shape index (κ3) is 3.74. The molecule has 23 heavy (non-hydrogen) atoms. The molecule has 1 saturated carbocycles. The second kappa shape index (κ2) is 6.24. The number of aryl methyl sites for hydroxylation is 1. The second-order valence-electron chi connectivity index (χ2n) is 5.57. The van der Waals surface area contributed by atoms with Gasteiger partial charge < -0.3 is 5.32 Å². The number of hydrogen-bond acceptors (Lipinski definition) is 5. The van der Waals surface area contributed by atoms with Crippen LogP contribution in [-0.4, -0.2) is 26.9 Å². The summed E-state index contributed by atoms with van der Waals surface area (Å²) in [5.41, 5.74) is 0.804. The Labute approximate surface area is 140 Å². The third-order valence-electron chi connectivity index (χ3n) is 3.68. The van der Waals surface area contributed by atoms with Crippen molar-refractivity contribution in [3.63, 3.8) is 0 Å². The van der Waals surface area contributed by atoms with Crippen LogP contribution in [0.4, 0.5) is 19.0 Å². The normalized spacial score (nSPS) is 18.1. The topological polar surface area (TPSA) is 50.7 Å². The molecule has 1 N–H and O–H groups in total. The lowest BCUT2D eigenvalue weighted by atomic mass is 9.92. The molecule has 0 radical (unpaired) electrons. The predicted molar refractivity (Wildman–Crippen MR) is 83.7 cm³/mol. The van der Waals surface area contributed by atoms with Crippen molar-refractivity contribution in [3.8, 4) is 10.8 Å². The summed E-state index contributed by atoms with van der Waals surface area (Å²) < 4.78 is 40.5. The maximum atomic E-state index is 14.1. The Hall–Kier alpha value is -1.41. The van der Waals surface area contributed by atoms with Crippen molar-refractivity contribution in [2.75, 3.05) is 5.32 Å². The first-order valence-electron chi connectivity index (χ1n) is 7.14. The number of alkyl halides is 2. The van der Waals surface area contributed by atoms with Gasteiger partial charge in [-0.2, -0.15) is 4.39 Å². The standard InChI is InChI=1S/C14H14ClF3N4S/c1-7-6-23-13(19-7)12-21-10(15)9(16)11(22-12)20-8-2-4-14(17,18)5-3-8/h6,8H,2-5H2,1H3,(H,20,21,22). The minimum absolute atomic E-state index is 0.0666. The molecule has 0 unspecified atom stereocenters. The van der Waals surface area contributed by atoms with Gasteiger partial charge in [-0.1, -0.05) is 11.6 Å². The zero-order chi connectivity index (χ0) is 16.6. The Balaban J connectivity index is 1.83. The van der Waals surface area contributed by atoms with Gasteiger partial charge in [0.05, 0.1) is 0 Å². The summed E-state index contributed by atoms with van der Waals surface area (Å²) in [7, 11) is 0. The molecular formula is C14H14ClF3N4S. The fourth-order valence-corrected chi connectivity index (χ4v) is 3.34. The van der Waals surface area contributed by atoms with Crippen molar-refractivity contribution in [3.05, 3.63) is 22.0 Å². The molecule has 1 aliphatic carbocycles. The van der Waals surface area contributed by atoms with Gasteiger partial charge in [-0.05, 0) is 19.8 Å². The maximum absolute atomic E-state index is 14.1. The van der Waals surface area contributed by atoms with Gasteiger partial charge in [0.15, 0.2) is 21.8 Å². The number of halogens is 4. The molecule has 2 heterocycles. The van der Waals surface area contributed by atoms with E-state index in [1.807, 2.05) is 12.3 Å². The molecule has 0 spiro atoms. The monoisotopic (exact) mass is 362 g/mol. The number of thiazole rings is 1. The molecule has 0 aromatic carbocycles. The van der Waals surface area contributed by atoms with E-state index in [1.54, 1.807) is 0 Å². The van der Waals surface area contributed by atoms with Gasteiger partial charge in [-0.15, -0.1) is 11.3 Å². The van der Waals surface area contributed by atoms with Crippen LogP contribution in [0.5, 0.6) is 0 Å². The van der Waals surface area contributed by atoms with E-state index < -0.39 is 11.7 Å². The summed E-state index contributed by atoms with van der Waals surface area (Å²) in [6, 6.07) is -0.263. The summed E-state index contributed by atoms with van der Waals surface area (Å²) in [6.45, 7) is 1.83. The highest BCUT2D eigenvalue weighted by molar-refractivity contribution is 7.13. The number of nitrogens with zero attached hydrogens (tertiary/aromatic N) is 3. The number of aromatic nitrogens is 3. The van der Waals surface area contributed by atoms with Gasteiger partial charge in [-0.3, -0.25) is 0 Å². The fourth-order valence-electron chi connectivity index (χ4n) is 2.45. The zero-order valence-corrected chi connectivity index (χ0v) is 13.8. The van der Waals surface area contributed by atoms with Crippen molar-refractivity contribution >= 4 is 28.8 Å². The van der Waals surface area contributed by atoms with E-state index in [9.17, 15) is 13.2 Å². The first kappa shape index (κ1) is 16.4. The van der Waals surface area contributed by atoms with Crippen LogP contribution in [0.2, 0.25) is 5.15 Å². The summed E-state index contributed by atoms with van der Waals surface area (Å²) in [5.74, 6) is -3.26. The van der Waals surface area contributed by atoms with E-state index in [0.717, 1.165) is 5.69 Å². The second-order valence-corrected chi connectivity index (χ2v) is 6.79. The lowest BCUT2D eigenvalue weighted by molar-refractivity contribution is -0.0361. The highest BCUT2D eigenvalue weighted by atomic mass is 35.5. The molecule has 2 aromatic rings. The average Bonchev–Trinajstić information content (AvgIpc) is 2.92. The first-order valence-corrected chi connectivity index (χ1v) is 8.40. The SMILES string of the molecule is Cc1csc(-c2nc(Cl)c(F)c(NC3CCC(F)(F)CC3)n2)n1. The Morgan fingerprint density at radius 3 is 2.57 bits per heavy atom. The van der Waals surface area contributed by atoms with Crippen molar-refractivity contribution in [2.24, 2.45) is 0 Å². The first-order chi connectivity index (χ1) is 10.8. The molecule has 2 aromatic heterocycles. The fraction of sp³-hybridized carbons (Fsp3) is 0.500. The largest absolute Gasteiger partial charge is 0.365 e. The third-order valence-corrected chi connectivity index (χ3v) is 4.89. The van der Waals surface area contributed by atoms with Crippen LogP contribution in [0.15, 0.2) is 5.38 Å². The molecule has 3 rings (SSSR count). The van der Waals surface area contributed by atoms with E-state index >= 15 is 0 Å². The van der Waals surface area contributed by atoms with E-state index in [4.69, 9.17) is 11.6 Å². The molecule has 0 amide bonds. The Morgan fingerprint density at radius 2 is 1.96 bits per heavy atom. The van der Waals surface area contributed by atoms with E-state index in [2.05, 4.69) is 20.3 Å². The van der Waals surface area contributed by atoms with Crippen molar-refractivity contribution in [1.82, 2.24) is 15.0 Å². The molecule has 9 heteroatoms. The van der Waals surface area contributed by atoms with Crippen LogP contribution < -0.4 is 5.32 Å². The van der Waals surface area contributed by atoms with E-state index in [0.29, 0.717) is 5.01 Å². The lowest BCUT2D eigenvalue weighted by Crippen LogP contribution is -2.32. The van der Waals surface area contributed by atoms with Crippen molar-refractivity contribution in [1.29, 1.82) is 0 Å². The van der Waals surface area contributed by atoms with Gasteiger partial charge in [0.25, 0.3) is 0 Å². The van der Waals surface area contributed by atoms with Crippen LogP contribution in [0.3, 0.4) is 0 Å². The van der Waals surface area contributed by atoms with Crippen LogP contribution in [0, 0.1) is 12.7 Å². The van der Waals surface area contributed by atoms with Crippen molar-refractivity contribution in [2.45, 2.75) is 44.6 Å². The van der Waals surface area contributed by atoms with Crippen molar-refractivity contribution < 1.29 is 13.2 Å². The highest BCUT2D eigenvalue weighted by Gasteiger charge is 2.35. The summed E-state index contributed by atoms with van der Waals surface area (Å²) in [6.07, 6.45) is 0.0623. The molecule has 4 nitrogen and oxygen atoms in total. The highest BCUT2D eigenvalue weighted by Crippen LogP contribution is 2.35. The van der Waals surface area contributed by atoms with Gasteiger partial charge in [-0.25, -0.2) is 23.7 Å². The minimum atomic E-state index is -2.64. The average molecular weight is 363 g/mol. The number of anilines is 1. The molecule has 1 aliphatic rings. The summed E-state index contributed by atoms with van der Waals surface area (Å²) in [5, 5.41) is 4.92. The quantitative estimate of drug-likeness (QED) is 0.805. The van der Waals surface area contributed by atoms with Crippen LogP contribution >= 0.6 is 22.9 Å².